The molecule has 116 valence electrons. The summed E-state index contributed by atoms with van der Waals surface area (Å²) < 4.78 is 18.2. The molecule has 0 saturated heterocycles. The molecule has 0 unspecified atom stereocenters. The van der Waals surface area contributed by atoms with Crippen LogP contribution in [-0.4, -0.2) is 23.7 Å². The molecule has 0 bridgehead atoms. The van der Waals surface area contributed by atoms with E-state index in [0.29, 0.717) is 19.2 Å². The predicted octanol–water partition coefficient (Wildman–Crippen LogP) is 2.74. The Labute approximate surface area is 124 Å². The number of carbonyl (C=O) groups is 1. The van der Waals surface area contributed by atoms with E-state index in [9.17, 15) is 14.3 Å². The van der Waals surface area contributed by atoms with Crippen LogP contribution in [0.5, 0.6) is 5.75 Å². The molecule has 0 heterocycles. The zero-order valence-corrected chi connectivity index (χ0v) is 12.3. The van der Waals surface area contributed by atoms with E-state index >= 15 is 0 Å². The number of rotatable bonds is 5. The summed E-state index contributed by atoms with van der Waals surface area (Å²) in [6, 6.07) is 4.38. The number of phenolic OH excluding ortho intramolecular Hbond substituents is 1. The monoisotopic (exact) mass is 295 g/mol. The van der Waals surface area contributed by atoms with Gasteiger partial charge in [-0.2, -0.15) is 0 Å². The molecule has 0 amide bonds. The summed E-state index contributed by atoms with van der Waals surface area (Å²) in [5.41, 5.74) is 0.722. The molecule has 2 rings (SSSR count). The lowest BCUT2D eigenvalue weighted by atomic mass is 9.86. The molecule has 21 heavy (non-hydrogen) atoms. The Morgan fingerprint density at radius 1 is 1.33 bits per heavy atom. The fourth-order valence-corrected chi connectivity index (χ4v) is 2.79. The third-order valence-electron chi connectivity index (χ3n) is 3.88. The first-order valence-electron chi connectivity index (χ1n) is 7.47. The van der Waals surface area contributed by atoms with Gasteiger partial charge < -0.3 is 15.2 Å². The van der Waals surface area contributed by atoms with Gasteiger partial charge >= 0.3 is 5.97 Å². The Kier molecular flexibility index (Phi) is 5.56. The standard InChI is InChI=1S/C16H22FNO3/c1-2-21-16(20)12-3-5-14(6-4-12)18-10-11-7-13(17)9-15(19)8-11/h7-9,12,14,18-19H,2-6,10H2,1H3. The van der Waals surface area contributed by atoms with E-state index in [2.05, 4.69) is 5.32 Å². The van der Waals surface area contributed by atoms with Gasteiger partial charge in [0.1, 0.15) is 11.6 Å². The first-order valence-corrected chi connectivity index (χ1v) is 7.47. The van der Waals surface area contributed by atoms with E-state index in [1.807, 2.05) is 6.92 Å². The lowest BCUT2D eigenvalue weighted by molar-refractivity contribution is -0.149. The maximum Gasteiger partial charge on any atom is 0.308 e. The minimum Gasteiger partial charge on any atom is -0.508 e. The first-order chi connectivity index (χ1) is 10.1. The second-order valence-electron chi connectivity index (χ2n) is 5.50. The van der Waals surface area contributed by atoms with Crippen LogP contribution in [0, 0.1) is 11.7 Å². The van der Waals surface area contributed by atoms with Crippen molar-refractivity contribution in [2.24, 2.45) is 5.92 Å². The quantitative estimate of drug-likeness (QED) is 0.820. The molecule has 0 spiro atoms. The fourth-order valence-electron chi connectivity index (χ4n) is 2.79. The lowest BCUT2D eigenvalue weighted by Gasteiger charge is -2.28. The van der Waals surface area contributed by atoms with Crippen molar-refractivity contribution < 1.29 is 19.0 Å². The molecule has 5 heteroatoms. The largest absolute Gasteiger partial charge is 0.508 e. The van der Waals surface area contributed by atoms with E-state index in [1.54, 1.807) is 6.07 Å². The molecule has 1 fully saturated rings. The minimum absolute atomic E-state index is 0.0150. The first kappa shape index (κ1) is 15.8. The zero-order chi connectivity index (χ0) is 15.2. The van der Waals surface area contributed by atoms with Crippen molar-refractivity contribution in [2.75, 3.05) is 6.61 Å². The highest BCUT2D eigenvalue weighted by Gasteiger charge is 2.26. The van der Waals surface area contributed by atoms with Crippen LogP contribution >= 0.6 is 0 Å². The number of halogens is 1. The highest BCUT2D eigenvalue weighted by atomic mass is 19.1. The normalized spacial score (nSPS) is 22.0. The number of phenols is 1. The Morgan fingerprint density at radius 2 is 2.05 bits per heavy atom. The summed E-state index contributed by atoms with van der Waals surface area (Å²) in [6.45, 7) is 2.76. The lowest BCUT2D eigenvalue weighted by Crippen LogP contribution is -2.35. The molecule has 1 aromatic rings. The van der Waals surface area contributed by atoms with Crippen molar-refractivity contribution in [1.29, 1.82) is 0 Å². The van der Waals surface area contributed by atoms with Gasteiger partial charge in [0, 0.05) is 18.7 Å². The van der Waals surface area contributed by atoms with Gasteiger partial charge in [0.25, 0.3) is 0 Å². The summed E-state index contributed by atoms with van der Waals surface area (Å²) in [4.78, 5) is 11.6. The van der Waals surface area contributed by atoms with E-state index in [-0.39, 0.29) is 17.6 Å². The van der Waals surface area contributed by atoms with E-state index in [0.717, 1.165) is 37.3 Å². The molecule has 1 aliphatic carbocycles. The van der Waals surface area contributed by atoms with Gasteiger partial charge in [0.05, 0.1) is 12.5 Å². The van der Waals surface area contributed by atoms with Crippen LogP contribution in [0.3, 0.4) is 0 Å². The number of nitrogens with one attached hydrogen (secondary N) is 1. The molecule has 0 atom stereocenters. The number of aromatic hydroxyl groups is 1. The molecule has 1 aromatic carbocycles. The van der Waals surface area contributed by atoms with Crippen molar-refractivity contribution in [1.82, 2.24) is 5.32 Å². The summed E-state index contributed by atoms with van der Waals surface area (Å²) in [7, 11) is 0. The van der Waals surface area contributed by atoms with Gasteiger partial charge in [0.15, 0.2) is 0 Å². The van der Waals surface area contributed by atoms with Gasteiger partial charge in [-0.3, -0.25) is 4.79 Å². The Morgan fingerprint density at radius 3 is 2.67 bits per heavy atom. The van der Waals surface area contributed by atoms with Crippen LogP contribution in [0.4, 0.5) is 4.39 Å². The molecule has 1 saturated carbocycles. The Bertz CT molecular complexity index is 464. The molecule has 0 aliphatic heterocycles. The summed E-state index contributed by atoms with van der Waals surface area (Å²) >= 11 is 0. The predicted molar refractivity (Wildman–Crippen MR) is 77.3 cm³/mol. The fraction of sp³-hybridized carbons (Fsp3) is 0.562. The maximum absolute atomic E-state index is 13.2. The van der Waals surface area contributed by atoms with Crippen molar-refractivity contribution in [3.8, 4) is 5.75 Å². The van der Waals surface area contributed by atoms with E-state index in [1.165, 1.54) is 6.07 Å². The van der Waals surface area contributed by atoms with Crippen LogP contribution in [0.15, 0.2) is 18.2 Å². The van der Waals surface area contributed by atoms with Gasteiger partial charge in [-0.15, -0.1) is 0 Å². The van der Waals surface area contributed by atoms with Crippen LogP contribution in [-0.2, 0) is 16.1 Å². The number of ether oxygens (including phenoxy) is 1. The van der Waals surface area contributed by atoms with Crippen LogP contribution < -0.4 is 5.32 Å². The van der Waals surface area contributed by atoms with Crippen molar-refractivity contribution >= 4 is 5.97 Å². The highest BCUT2D eigenvalue weighted by molar-refractivity contribution is 5.72. The van der Waals surface area contributed by atoms with Gasteiger partial charge in [-0.1, -0.05) is 0 Å². The number of esters is 1. The van der Waals surface area contributed by atoms with Crippen LogP contribution in [0.2, 0.25) is 0 Å². The van der Waals surface area contributed by atoms with Crippen molar-refractivity contribution in [2.45, 2.75) is 45.2 Å². The Balaban J connectivity index is 1.77. The van der Waals surface area contributed by atoms with Gasteiger partial charge in [-0.25, -0.2) is 4.39 Å². The number of hydrogen-bond donors (Lipinski definition) is 2. The SMILES string of the molecule is CCOC(=O)C1CCC(NCc2cc(O)cc(F)c2)CC1. The summed E-state index contributed by atoms with van der Waals surface area (Å²) in [5.74, 6) is -0.567. The van der Waals surface area contributed by atoms with Crippen molar-refractivity contribution in [3.05, 3.63) is 29.6 Å². The summed E-state index contributed by atoms with van der Waals surface area (Å²) in [5, 5.41) is 12.7. The molecule has 4 nitrogen and oxygen atoms in total. The number of hydrogen-bond acceptors (Lipinski definition) is 4. The molecule has 1 aliphatic rings. The van der Waals surface area contributed by atoms with Gasteiger partial charge in [0.2, 0.25) is 0 Å². The third-order valence-corrected chi connectivity index (χ3v) is 3.88. The second kappa shape index (κ2) is 7.41. The smallest absolute Gasteiger partial charge is 0.308 e. The summed E-state index contributed by atoms with van der Waals surface area (Å²) in [6.07, 6.45) is 3.46. The number of carbonyl (C=O) groups excluding carboxylic acids is 1. The van der Waals surface area contributed by atoms with Crippen LogP contribution in [0.25, 0.3) is 0 Å². The average molecular weight is 295 g/mol. The van der Waals surface area contributed by atoms with E-state index in [4.69, 9.17) is 4.74 Å². The van der Waals surface area contributed by atoms with Crippen LogP contribution in [0.1, 0.15) is 38.2 Å². The second-order valence-corrected chi connectivity index (χ2v) is 5.50. The molecule has 2 N–H and O–H groups in total. The molecular weight excluding hydrogens is 273 g/mol. The maximum atomic E-state index is 13.2. The average Bonchev–Trinajstić information content (AvgIpc) is 2.45. The number of benzene rings is 1. The van der Waals surface area contributed by atoms with Crippen molar-refractivity contribution in [3.63, 3.8) is 0 Å². The van der Waals surface area contributed by atoms with Gasteiger partial charge in [-0.05, 0) is 50.3 Å². The minimum atomic E-state index is -0.433. The topological polar surface area (TPSA) is 58.6 Å². The molecular formula is C16H22FNO3. The highest BCUT2D eigenvalue weighted by Crippen LogP contribution is 2.25. The zero-order valence-electron chi connectivity index (χ0n) is 12.3. The Hall–Kier alpha value is -1.62. The van der Waals surface area contributed by atoms with E-state index < -0.39 is 5.82 Å². The third kappa shape index (κ3) is 4.70. The molecule has 0 radical (unpaired) electrons. The molecule has 0 aromatic heterocycles.